The van der Waals surface area contributed by atoms with Crippen LogP contribution in [0.3, 0.4) is 0 Å². The third-order valence-corrected chi connectivity index (χ3v) is 5.05. The molecule has 1 aliphatic carbocycles. The first-order valence-electron chi connectivity index (χ1n) is 9.64. The van der Waals surface area contributed by atoms with Gasteiger partial charge in [-0.3, -0.25) is 0 Å². The van der Waals surface area contributed by atoms with Crippen molar-refractivity contribution in [2.75, 3.05) is 13.2 Å². The van der Waals surface area contributed by atoms with Crippen molar-refractivity contribution in [2.24, 2.45) is 0 Å². The van der Waals surface area contributed by atoms with Gasteiger partial charge in [0.2, 0.25) is 5.75 Å². The van der Waals surface area contributed by atoms with Gasteiger partial charge in [-0.1, -0.05) is 54.6 Å². The Bertz CT molecular complexity index is 1130. The van der Waals surface area contributed by atoms with Gasteiger partial charge in [-0.25, -0.2) is 4.79 Å². The van der Waals surface area contributed by atoms with E-state index in [-0.39, 0.29) is 19.1 Å². The second-order valence-electron chi connectivity index (χ2n) is 6.94. The Morgan fingerprint density at radius 2 is 1.74 bits per heavy atom. The van der Waals surface area contributed by atoms with Crippen LogP contribution in [-0.4, -0.2) is 34.3 Å². The zero-order chi connectivity index (χ0) is 21.8. The third kappa shape index (κ3) is 4.23. The molecule has 0 atom stereocenters. The summed E-state index contributed by atoms with van der Waals surface area (Å²) in [6, 6.07) is 18.8. The summed E-state index contributed by atoms with van der Waals surface area (Å²) >= 11 is 0. The maximum Gasteiger partial charge on any atom is 0.407 e. The van der Waals surface area contributed by atoms with Gasteiger partial charge in [-0.2, -0.15) is 0 Å². The molecule has 156 valence electrons. The highest BCUT2D eigenvalue weighted by Crippen LogP contribution is 2.44. The summed E-state index contributed by atoms with van der Waals surface area (Å²) in [5.74, 6) is -1.14. The molecule has 0 saturated carbocycles. The van der Waals surface area contributed by atoms with Crippen LogP contribution in [0.4, 0.5) is 10.6 Å². The molecule has 8 nitrogen and oxygen atoms in total. The Morgan fingerprint density at radius 1 is 1.10 bits per heavy atom. The number of fused-ring (bicyclic) bond motifs is 3. The maximum atomic E-state index is 12.1. The highest BCUT2D eigenvalue weighted by atomic mass is 16.6. The molecule has 31 heavy (non-hydrogen) atoms. The molecule has 8 heteroatoms. The van der Waals surface area contributed by atoms with Crippen LogP contribution < -0.4 is 5.32 Å². The maximum absolute atomic E-state index is 12.1. The van der Waals surface area contributed by atoms with Gasteiger partial charge < -0.3 is 25.3 Å². The monoisotopic (exact) mass is 417 g/mol. The summed E-state index contributed by atoms with van der Waals surface area (Å²) in [6.07, 6.45) is 2.54. The molecule has 0 spiro atoms. The van der Waals surface area contributed by atoms with E-state index in [4.69, 9.17) is 4.74 Å². The van der Waals surface area contributed by atoms with Crippen molar-refractivity contribution in [3.63, 3.8) is 0 Å². The van der Waals surface area contributed by atoms with E-state index in [1.807, 2.05) is 36.4 Å². The minimum atomic E-state index is -0.762. The van der Waals surface area contributed by atoms with Crippen LogP contribution in [0.2, 0.25) is 0 Å². The molecule has 0 bridgehead atoms. The first kappa shape index (κ1) is 20.1. The Hall–Kier alpha value is -4.20. The number of nitrogens with zero attached hydrogens (tertiary/aromatic N) is 2. The van der Waals surface area contributed by atoms with Gasteiger partial charge in [0.1, 0.15) is 6.61 Å². The smallest absolute Gasteiger partial charge is 0.407 e. The molecule has 2 N–H and O–H groups in total. The summed E-state index contributed by atoms with van der Waals surface area (Å²) in [5, 5.41) is 22.8. The largest absolute Gasteiger partial charge is 0.501 e. The van der Waals surface area contributed by atoms with Crippen LogP contribution in [0, 0.1) is 10.1 Å². The van der Waals surface area contributed by atoms with E-state index >= 15 is 0 Å². The van der Waals surface area contributed by atoms with Crippen LogP contribution in [-0.2, 0) is 4.74 Å². The second kappa shape index (κ2) is 8.66. The quantitative estimate of drug-likeness (QED) is 0.458. The number of aromatic nitrogens is 1. The molecular weight excluding hydrogens is 398 g/mol. The van der Waals surface area contributed by atoms with Crippen molar-refractivity contribution < 1.29 is 19.6 Å². The third-order valence-electron chi connectivity index (χ3n) is 5.05. The molecule has 1 amide bonds. The average molecular weight is 417 g/mol. The fraction of sp³-hybridized carbons (Fsp3) is 0.130. The number of pyridine rings is 1. The van der Waals surface area contributed by atoms with E-state index in [0.29, 0.717) is 5.69 Å². The van der Waals surface area contributed by atoms with Crippen molar-refractivity contribution in [2.45, 2.75) is 5.92 Å². The average Bonchev–Trinajstić information content (AvgIpc) is 3.10. The predicted octanol–water partition coefficient (Wildman–Crippen LogP) is 4.25. The molecule has 1 aromatic heterocycles. The summed E-state index contributed by atoms with van der Waals surface area (Å²) in [5.41, 5.74) is 4.88. The van der Waals surface area contributed by atoms with E-state index in [9.17, 15) is 20.0 Å². The number of carbonyl (C=O) groups excluding carboxylic acids is 1. The van der Waals surface area contributed by atoms with Gasteiger partial charge in [-0.05, 0) is 50.4 Å². The fourth-order valence-corrected chi connectivity index (χ4v) is 3.65. The van der Waals surface area contributed by atoms with Crippen molar-refractivity contribution in [1.82, 2.24) is 10.3 Å². The van der Waals surface area contributed by atoms with Crippen LogP contribution >= 0.6 is 0 Å². The summed E-state index contributed by atoms with van der Waals surface area (Å²) in [4.78, 5) is 25.9. The first-order valence-corrected chi connectivity index (χ1v) is 9.64. The highest BCUT2D eigenvalue weighted by molar-refractivity contribution is 5.79. The number of hydrogen-bond acceptors (Lipinski definition) is 6. The second-order valence-corrected chi connectivity index (χ2v) is 6.94. The van der Waals surface area contributed by atoms with E-state index in [1.54, 1.807) is 6.08 Å². The van der Waals surface area contributed by atoms with Crippen LogP contribution in [0.15, 0.2) is 66.7 Å². The number of benzene rings is 2. The number of rotatable bonds is 6. The lowest BCUT2D eigenvalue weighted by atomic mass is 9.98. The molecule has 0 unspecified atom stereocenters. The molecule has 0 radical (unpaired) electrons. The Balaban J connectivity index is 1.33. The molecule has 2 aromatic carbocycles. The molecule has 1 heterocycles. The lowest BCUT2D eigenvalue weighted by Gasteiger charge is -2.14. The molecular formula is C23H19N3O5. The number of hydrogen-bond donors (Lipinski definition) is 2. The van der Waals surface area contributed by atoms with Gasteiger partial charge in [0.25, 0.3) is 0 Å². The Labute approximate surface area is 178 Å². The molecule has 4 rings (SSSR count). The predicted molar refractivity (Wildman–Crippen MR) is 115 cm³/mol. The Morgan fingerprint density at radius 3 is 2.39 bits per heavy atom. The molecule has 0 saturated heterocycles. The molecule has 3 aromatic rings. The minimum absolute atomic E-state index is 0.0181. The van der Waals surface area contributed by atoms with E-state index < -0.39 is 22.6 Å². The fourth-order valence-electron chi connectivity index (χ4n) is 3.65. The van der Waals surface area contributed by atoms with Gasteiger partial charge in [0.15, 0.2) is 5.69 Å². The van der Waals surface area contributed by atoms with Crippen molar-refractivity contribution in [3.05, 3.63) is 93.7 Å². The van der Waals surface area contributed by atoms with E-state index in [2.05, 4.69) is 22.4 Å². The van der Waals surface area contributed by atoms with Crippen molar-refractivity contribution in [1.29, 1.82) is 0 Å². The van der Waals surface area contributed by atoms with Crippen molar-refractivity contribution in [3.8, 4) is 16.9 Å². The number of nitro groups is 1. The summed E-state index contributed by atoms with van der Waals surface area (Å²) in [7, 11) is 0. The van der Waals surface area contributed by atoms with Gasteiger partial charge >= 0.3 is 11.9 Å². The number of ether oxygens (including phenoxy) is 1. The van der Waals surface area contributed by atoms with Gasteiger partial charge in [0, 0.05) is 12.5 Å². The van der Waals surface area contributed by atoms with Gasteiger partial charge in [-0.15, -0.1) is 0 Å². The van der Waals surface area contributed by atoms with Crippen LogP contribution in [0.1, 0.15) is 22.7 Å². The number of carbonyl (C=O) groups is 1. The minimum Gasteiger partial charge on any atom is -0.501 e. The molecule has 1 aliphatic rings. The standard InChI is InChI=1S/C23H19N3O5/c27-21-12-11-15(25-22(21)26(29)30)6-5-13-24-23(28)31-14-20-18-9-3-1-7-16(18)17-8-2-4-10-19(17)20/h1-12,20,27H,13-14H2,(H,24,28). The normalized spacial score (nSPS) is 12.4. The summed E-state index contributed by atoms with van der Waals surface area (Å²) in [6.45, 7) is 0.377. The molecule has 0 aliphatic heterocycles. The van der Waals surface area contributed by atoms with Gasteiger partial charge in [0.05, 0.1) is 0 Å². The number of aromatic hydroxyl groups is 1. The lowest BCUT2D eigenvalue weighted by molar-refractivity contribution is -0.390. The number of nitrogens with one attached hydrogen (secondary N) is 1. The number of alkyl carbamates (subject to hydrolysis) is 1. The molecule has 0 fully saturated rings. The lowest BCUT2D eigenvalue weighted by Crippen LogP contribution is -2.26. The van der Waals surface area contributed by atoms with E-state index in [0.717, 1.165) is 22.3 Å². The SMILES string of the molecule is O=C(NCC=Cc1ccc(O)c([N+](=O)[O-])n1)OCC1c2ccccc2-c2ccccc21. The number of amides is 1. The highest BCUT2D eigenvalue weighted by Gasteiger charge is 2.28. The first-order chi connectivity index (χ1) is 15.0. The van der Waals surface area contributed by atoms with Crippen molar-refractivity contribution >= 4 is 18.0 Å². The Kier molecular flexibility index (Phi) is 5.61. The van der Waals surface area contributed by atoms with Crippen LogP contribution in [0.25, 0.3) is 17.2 Å². The zero-order valence-electron chi connectivity index (χ0n) is 16.4. The van der Waals surface area contributed by atoms with Crippen LogP contribution in [0.5, 0.6) is 5.75 Å². The topological polar surface area (TPSA) is 115 Å². The van der Waals surface area contributed by atoms with E-state index in [1.165, 1.54) is 18.2 Å². The summed E-state index contributed by atoms with van der Waals surface area (Å²) < 4.78 is 5.44. The zero-order valence-corrected chi connectivity index (χ0v) is 16.4.